The fraction of sp³-hybridized carbons (Fsp3) is 0.130. The van der Waals surface area contributed by atoms with E-state index in [2.05, 4.69) is 10.6 Å². The van der Waals surface area contributed by atoms with Gasteiger partial charge in [0.1, 0.15) is 5.75 Å². The van der Waals surface area contributed by atoms with Crippen LogP contribution in [0, 0.1) is 6.92 Å². The molecule has 0 aliphatic carbocycles. The van der Waals surface area contributed by atoms with Crippen LogP contribution in [-0.4, -0.2) is 18.1 Å². The van der Waals surface area contributed by atoms with Crippen LogP contribution < -0.4 is 15.4 Å². The summed E-state index contributed by atoms with van der Waals surface area (Å²) in [6.45, 7) is 1.75. The summed E-state index contributed by atoms with van der Waals surface area (Å²) in [5.41, 5.74) is 1.34. The Bertz CT molecular complexity index is 1050. The zero-order valence-corrected chi connectivity index (χ0v) is 16.4. The number of aryl methyl sites for hydroxylation is 1. The largest absolute Gasteiger partial charge is 0.476 e. The van der Waals surface area contributed by atoms with E-state index in [4.69, 9.17) is 4.74 Å². The van der Waals surface area contributed by atoms with Crippen molar-refractivity contribution in [2.45, 2.75) is 19.2 Å². The van der Waals surface area contributed by atoms with Crippen LogP contribution in [0.2, 0.25) is 0 Å². The first kappa shape index (κ1) is 21.9. The summed E-state index contributed by atoms with van der Waals surface area (Å²) >= 11 is 0. The normalized spacial score (nSPS) is 12.0. The third-order valence-electron chi connectivity index (χ3n) is 4.38. The summed E-state index contributed by atoms with van der Waals surface area (Å²) < 4.78 is 45.4. The summed E-state index contributed by atoms with van der Waals surface area (Å²) in [7, 11) is 0. The Kier molecular flexibility index (Phi) is 6.59. The molecule has 0 spiro atoms. The molecule has 0 aliphatic rings. The van der Waals surface area contributed by atoms with Gasteiger partial charge in [0.05, 0.1) is 0 Å². The molecular formula is C23H19F3N2O3. The molecule has 1 atom stereocenters. The molecule has 8 heteroatoms. The van der Waals surface area contributed by atoms with Gasteiger partial charge in [0, 0.05) is 16.8 Å². The van der Waals surface area contributed by atoms with E-state index in [0.717, 1.165) is 0 Å². The van der Waals surface area contributed by atoms with Crippen LogP contribution in [0.25, 0.3) is 0 Å². The van der Waals surface area contributed by atoms with E-state index >= 15 is 0 Å². The first-order chi connectivity index (χ1) is 14.7. The van der Waals surface area contributed by atoms with Crippen molar-refractivity contribution in [2.24, 2.45) is 0 Å². The molecule has 0 bridgehead atoms. The molecule has 3 aromatic carbocycles. The van der Waals surface area contributed by atoms with Crippen LogP contribution in [0.3, 0.4) is 0 Å². The molecule has 3 amide bonds. The van der Waals surface area contributed by atoms with E-state index in [9.17, 15) is 22.8 Å². The Morgan fingerprint density at radius 3 is 2.10 bits per heavy atom. The predicted octanol–water partition coefficient (Wildman–Crippen LogP) is 5.64. The van der Waals surface area contributed by atoms with Crippen LogP contribution in [0.15, 0.2) is 78.9 Å². The number of imide groups is 1. The Labute approximate surface area is 176 Å². The first-order valence-corrected chi connectivity index (χ1v) is 9.30. The Hall–Kier alpha value is -3.81. The van der Waals surface area contributed by atoms with Crippen molar-refractivity contribution in [3.63, 3.8) is 0 Å². The van der Waals surface area contributed by atoms with Crippen LogP contribution in [-0.2, 0) is 0 Å². The molecule has 0 radical (unpaired) electrons. The lowest BCUT2D eigenvalue weighted by Crippen LogP contribution is -2.34. The second-order valence-electron chi connectivity index (χ2n) is 6.70. The zero-order valence-electron chi connectivity index (χ0n) is 16.4. The molecule has 0 aromatic heterocycles. The van der Waals surface area contributed by atoms with E-state index in [1.165, 1.54) is 48.5 Å². The standard InChI is InChI=1S/C23H19F3N2O3/c1-15-7-5-6-10-19(15)21(29)28-22(30)27-17-11-13-18(14-12-17)31-20(23(24,25)26)16-8-3-2-4-9-16/h2-14,20H,1H3,(H2,27,28,29,30). The van der Waals surface area contributed by atoms with Crippen LogP contribution in [0.1, 0.15) is 27.6 Å². The minimum atomic E-state index is -4.60. The van der Waals surface area contributed by atoms with Gasteiger partial charge in [-0.1, -0.05) is 48.5 Å². The van der Waals surface area contributed by atoms with Crippen LogP contribution in [0.4, 0.5) is 23.7 Å². The highest BCUT2D eigenvalue weighted by molar-refractivity contribution is 6.08. The lowest BCUT2D eigenvalue weighted by Gasteiger charge is -2.22. The number of urea groups is 1. The number of anilines is 1. The Balaban J connectivity index is 1.64. The predicted molar refractivity (Wildman–Crippen MR) is 110 cm³/mol. The molecule has 31 heavy (non-hydrogen) atoms. The van der Waals surface area contributed by atoms with E-state index in [1.807, 2.05) is 0 Å². The number of carbonyl (C=O) groups excluding carboxylic acids is 2. The summed E-state index contributed by atoms with van der Waals surface area (Å²) in [6.07, 6.45) is -6.73. The van der Waals surface area contributed by atoms with Gasteiger partial charge in [-0.25, -0.2) is 4.79 Å². The number of hydrogen-bond acceptors (Lipinski definition) is 3. The summed E-state index contributed by atoms with van der Waals surface area (Å²) in [6, 6.07) is 18.7. The van der Waals surface area contributed by atoms with Gasteiger partial charge < -0.3 is 10.1 Å². The first-order valence-electron chi connectivity index (χ1n) is 9.30. The van der Waals surface area contributed by atoms with E-state index in [0.29, 0.717) is 11.1 Å². The topological polar surface area (TPSA) is 67.4 Å². The second kappa shape index (κ2) is 9.34. The van der Waals surface area contributed by atoms with Gasteiger partial charge in [0.2, 0.25) is 6.10 Å². The quantitative estimate of drug-likeness (QED) is 0.553. The molecule has 0 aliphatic heterocycles. The van der Waals surface area contributed by atoms with Crippen molar-refractivity contribution in [2.75, 3.05) is 5.32 Å². The van der Waals surface area contributed by atoms with Gasteiger partial charge in [-0.2, -0.15) is 13.2 Å². The molecular weight excluding hydrogens is 409 g/mol. The monoisotopic (exact) mass is 428 g/mol. The molecule has 3 aromatic rings. The second-order valence-corrected chi connectivity index (χ2v) is 6.70. The SMILES string of the molecule is Cc1ccccc1C(=O)NC(=O)Nc1ccc(OC(c2ccccc2)C(F)(F)F)cc1. The minimum absolute atomic E-state index is 0.0203. The highest BCUT2D eigenvalue weighted by atomic mass is 19.4. The summed E-state index contributed by atoms with van der Waals surface area (Å²) in [4.78, 5) is 24.2. The fourth-order valence-corrected chi connectivity index (χ4v) is 2.87. The number of nitrogens with one attached hydrogen (secondary N) is 2. The maximum atomic E-state index is 13.4. The molecule has 0 heterocycles. The summed E-state index contributed by atoms with van der Waals surface area (Å²) in [5, 5.41) is 4.66. The number of alkyl halides is 3. The van der Waals surface area contributed by atoms with Gasteiger partial charge in [0.25, 0.3) is 5.91 Å². The Morgan fingerprint density at radius 1 is 0.871 bits per heavy atom. The van der Waals surface area contributed by atoms with Gasteiger partial charge in [0.15, 0.2) is 0 Å². The number of benzene rings is 3. The van der Waals surface area contributed by atoms with E-state index < -0.39 is 24.2 Å². The molecule has 5 nitrogen and oxygen atoms in total. The third kappa shape index (κ3) is 5.85. The van der Waals surface area contributed by atoms with E-state index in [1.54, 1.807) is 37.3 Å². The molecule has 3 rings (SSSR count). The smallest absolute Gasteiger partial charge is 0.429 e. The van der Waals surface area contributed by atoms with Crippen molar-refractivity contribution >= 4 is 17.6 Å². The number of ether oxygens (including phenoxy) is 1. The number of halogens is 3. The maximum absolute atomic E-state index is 13.4. The summed E-state index contributed by atoms with van der Waals surface area (Å²) in [5.74, 6) is -0.584. The molecule has 1 unspecified atom stereocenters. The van der Waals surface area contributed by atoms with Crippen molar-refractivity contribution < 1.29 is 27.5 Å². The highest BCUT2D eigenvalue weighted by Crippen LogP contribution is 2.36. The average molecular weight is 428 g/mol. The fourth-order valence-electron chi connectivity index (χ4n) is 2.87. The number of rotatable bonds is 5. The number of amides is 3. The Morgan fingerprint density at radius 2 is 1.48 bits per heavy atom. The van der Waals surface area contributed by atoms with Crippen LogP contribution >= 0.6 is 0 Å². The van der Waals surface area contributed by atoms with Gasteiger partial charge in [-0.15, -0.1) is 0 Å². The van der Waals surface area contributed by atoms with Crippen molar-refractivity contribution in [1.82, 2.24) is 5.32 Å². The number of carbonyl (C=O) groups is 2. The van der Waals surface area contributed by atoms with Crippen LogP contribution in [0.5, 0.6) is 5.75 Å². The molecule has 0 saturated carbocycles. The molecule has 2 N–H and O–H groups in total. The van der Waals surface area contributed by atoms with Gasteiger partial charge in [-0.3, -0.25) is 10.1 Å². The molecule has 0 fully saturated rings. The number of hydrogen-bond donors (Lipinski definition) is 2. The van der Waals surface area contributed by atoms with Crippen molar-refractivity contribution in [3.8, 4) is 5.75 Å². The van der Waals surface area contributed by atoms with Gasteiger partial charge >= 0.3 is 12.2 Å². The lowest BCUT2D eigenvalue weighted by molar-refractivity contribution is -0.198. The molecule has 0 saturated heterocycles. The minimum Gasteiger partial charge on any atom is -0.476 e. The highest BCUT2D eigenvalue weighted by Gasteiger charge is 2.43. The third-order valence-corrected chi connectivity index (χ3v) is 4.38. The zero-order chi connectivity index (χ0) is 22.4. The van der Waals surface area contributed by atoms with Crippen molar-refractivity contribution in [3.05, 3.63) is 95.6 Å². The average Bonchev–Trinajstić information content (AvgIpc) is 2.73. The maximum Gasteiger partial charge on any atom is 0.429 e. The van der Waals surface area contributed by atoms with Crippen molar-refractivity contribution in [1.29, 1.82) is 0 Å². The molecule has 160 valence electrons. The van der Waals surface area contributed by atoms with Gasteiger partial charge in [-0.05, 0) is 42.8 Å². The lowest BCUT2D eigenvalue weighted by atomic mass is 10.1. The van der Waals surface area contributed by atoms with E-state index in [-0.39, 0.29) is 17.0 Å².